The SMILES string of the molecule is C[C@@H](CCc1ccccc1)NC(=O)[C@H](C1CCCC1)N1CCN(C(=O)Nc2ccc(F)cc2)CC1. The van der Waals surface area contributed by atoms with Gasteiger partial charge < -0.3 is 15.5 Å². The number of nitrogens with zero attached hydrogens (tertiary/aromatic N) is 2. The van der Waals surface area contributed by atoms with Crippen LogP contribution in [0.4, 0.5) is 14.9 Å². The molecule has 2 atom stereocenters. The normalized spacial score (nSPS) is 18.7. The molecule has 188 valence electrons. The molecule has 6 nitrogen and oxygen atoms in total. The lowest BCUT2D eigenvalue weighted by molar-refractivity contribution is -0.129. The molecule has 1 saturated carbocycles. The summed E-state index contributed by atoms with van der Waals surface area (Å²) < 4.78 is 13.1. The van der Waals surface area contributed by atoms with Crippen molar-refractivity contribution in [3.8, 4) is 0 Å². The van der Waals surface area contributed by atoms with Gasteiger partial charge in [0.15, 0.2) is 0 Å². The van der Waals surface area contributed by atoms with Crippen molar-refractivity contribution in [3.63, 3.8) is 0 Å². The molecule has 2 aromatic rings. The molecule has 3 amide bonds. The molecule has 0 spiro atoms. The number of amides is 3. The predicted octanol–water partition coefficient (Wildman–Crippen LogP) is 4.67. The summed E-state index contributed by atoms with van der Waals surface area (Å²) in [4.78, 5) is 30.2. The highest BCUT2D eigenvalue weighted by molar-refractivity contribution is 5.89. The summed E-state index contributed by atoms with van der Waals surface area (Å²) in [6, 6.07) is 15.9. The van der Waals surface area contributed by atoms with Gasteiger partial charge in [-0.3, -0.25) is 9.69 Å². The quantitative estimate of drug-likeness (QED) is 0.577. The van der Waals surface area contributed by atoms with Crippen LogP contribution in [0.3, 0.4) is 0 Å². The number of urea groups is 1. The number of piperazine rings is 1. The van der Waals surface area contributed by atoms with Crippen molar-refractivity contribution in [2.45, 2.75) is 57.5 Å². The Kier molecular flexibility index (Phi) is 8.74. The first-order chi connectivity index (χ1) is 17.0. The predicted molar refractivity (Wildman–Crippen MR) is 137 cm³/mol. The second kappa shape index (κ2) is 12.2. The fraction of sp³-hybridized carbons (Fsp3) is 0.500. The monoisotopic (exact) mass is 480 g/mol. The molecule has 2 fully saturated rings. The molecule has 0 bridgehead atoms. The van der Waals surface area contributed by atoms with E-state index in [0.29, 0.717) is 37.8 Å². The van der Waals surface area contributed by atoms with Crippen LogP contribution in [0.1, 0.15) is 44.6 Å². The molecule has 2 aromatic carbocycles. The highest BCUT2D eigenvalue weighted by Crippen LogP contribution is 2.31. The van der Waals surface area contributed by atoms with Crippen LogP contribution in [0.5, 0.6) is 0 Å². The Morgan fingerprint density at radius 3 is 2.29 bits per heavy atom. The van der Waals surface area contributed by atoms with Crippen molar-refractivity contribution in [2.75, 3.05) is 31.5 Å². The number of nitrogens with one attached hydrogen (secondary N) is 2. The minimum absolute atomic E-state index is 0.106. The van der Waals surface area contributed by atoms with Crippen molar-refractivity contribution in [1.82, 2.24) is 15.1 Å². The van der Waals surface area contributed by atoms with Crippen molar-refractivity contribution in [1.29, 1.82) is 0 Å². The molecular weight excluding hydrogens is 443 g/mol. The fourth-order valence-corrected chi connectivity index (χ4v) is 5.32. The Bertz CT molecular complexity index is 955. The van der Waals surface area contributed by atoms with Gasteiger partial charge in [-0.1, -0.05) is 43.2 Å². The lowest BCUT2D eigenvalue weighted by Gasteiger charge is -2.41. The fourth-order valence-electron chi connectivity index (χ4n) is 5.32. The zero-order chi connectivity index (χ0) is 24.6. The molecule has 0 aromatic heterocycles. The number of halogens is 1. The van der Waals surface area contributed by atoms with E-state index < -0.39 is 0 Å². The number of hydrogen-bond donors (Lipinski definition) is 2. The van der Waals surface area contributed by atoms with E-state index in [4.69, 9.17) is 0 Å². The molecule has 1 aliphatic heterocycles. The number of carbonyl (C=O) groups excluding carboxylic acids is 2. The summed E-state index contributed by atoms with van der Waals surface area (Å²) in [6.45, 7) is 4.55. The van der Waals surface area contributed by atoms with Gasteiger partial charge in [-0.2, -0.15) is 0 Å². The van der Waals surface area contributed by atoms with E-state index in [1.54, 1.807) is 17.0 Å². The number of anilines is 1. The summed E-state index contributed by atoms with van der Waals surface area (Å²) in [5.41, 5.74) is 1.86. The number of hydrogen-bond acceptors (Lipinski definition) is 3. The number of rotatable bonds is 8. The highest BCUT2D eigenvalue weighted by atomic mass is 19.1. The summed E-state index contributed by atoms with van der Waals surface area (Å²) in [5, 5.41) is 6.13. The van der Waals surface area contributed by atoms with Crippen molar-refractivity contribution < 1.29 is 14.0 Å². The summed E-state index contributed by atoms with van der Waals surface area (Å²) >= 11 is 0. The van der Waals surface area contributed by atoms with Gasteiger partial charge in [-0.25, -0.2) is 9.18 Å². The second-order valence-electron chi connectivity index (χ2n) is 9.88. The van der Waals surface area contributed by atoms with E-state index in [1.807, 2.05) is 18.2 Å². The van der Waals surface area contributed by atoms with E-state index in [2.05, 4.69) is 34.6 Å². The van der Waals surface area contributed by atoms with Gasteiger partial charge in [0, 0.05) is 37.9 Å². The number of benzene rings is 2. The molecule has 35 heavy (non-hydrogen) atoms. The summed E-state index contributed by atoms with van der Waals surface area (Å²) in [7, 11) is 0. The third kappa shape index (κ3) is 7.04. The van der Waals surface area contributed by atoms with Crippen LogP contribution in [-0.4, -0.2) is 60.0 Å². The van der Waals surface area contributed by atoms with Crippen molar-refractivity contribution in [3.05, 3.63) is 66.0 Å². The number of carbonyl (C=O) groups is 2. The number of aryl methyl sites for hydroxylation is 1. The maximum atomic E-state index is 13.5. The summed E-state index contributed by atoms with van der Waals surface area (Å²) in [6.07, 6.45) is 6.38. The zero-order valence-corrected chi connectivity index (χ0v) is 20.6. The molecule has 0 unspecified atom stereocenters. The molecule has 1 aliphatic carbocycles. The zero-order valence-electron chi connectivity index (χ0n) is 20.6. The molecular formula is C28H37FN4O2. The third-order valence-electron chi connectivity index (χ3n) is 7.30. The molecule has 4 rings (SSSR count). The first-order valence-electron chi connectivity index (χ1n) is 12.9. The van der Waals surface area contributed by atoms with Crippen LogP contribution in [0.15, 0.2) is 54.6 Å². The smallest absolute Gasteiger partial charge is 0.321 e. The van der Waals surface area contributed by atoms with E-state index >= 15 is 0 Å². The Balaban J connectivity index is 1.31. The molecule has 0 radical (unpaired) electrons. The maximum Gasteiger partial charge on any atom is 0.321 e. The summed E-state index contributed by atoms with van der Waals surface area (Å²) in [5.74, 6) is 0.166. The third-order valence-corrected chi connectivity index (χ3v) is 7.30. The van der Waals surface area contributed by atoms with E-state index in [1.165, 1.54) is 30.5 Å². The van der Waals surface area contributed by atoms with Crippen LogP contribution in [-0.2, 0) is 11.2 Å². The first-order valence-corrected chi connectivity index (χ1v) is 12.9. The Labute approximate surface area is 207 Å². The lowest BCUT2D eigenvalue weighted by atomic mass is 9.94. The van der Waals surface area contributed by atoms with Crippen LogP contribution in [0, 0.1) is 11.7 Å². The first kappa shape index (κ1) is 25.2. The van der Waals surface area contributed by atoms with Gasteiger partial charge in [-0.05, 0) is 68.4 Å². The largest absolute Gasteiger partial charge is 0.352 e. The highest BCUT2D eigenvalue weighted by Gasteiger charge is 2.37. The van der Waals surface area contributed by atoms with Crippen LogP contribution in [0.2, 0.25) is 0 Å². The van der Waals surface area contributed by atoms with Crippen LogP contribution < -0.4 is 10.6 Å². The average Bonchev–Trinajstić information content (AvgIpc) is 3.39. The Morgan fingerprint density at radius 1 is 0.971 bits per heavy atom. The van der Waals surface area contributed by atoms with Crippen molar-refractivity contribution in [2.24, 2.45) is 5.92 Å². The van der Waals surface area contributed by atoms with Gasteiger partial charge in [0.25, 0.3) is 0 Å². The molecule has 1 heterocycles. The van der Waals surface area contributed by atoms with Gasteiger partial charge in [0.2, 0.25) is 5.91 Å². The second-order valence-corrected chi connectivity index (χ2v) is 9.88. The van der Waals surface area contributed by atoms with Crippen molar-refractivity contribution >= 4 is 17.6 Å². The van der Waals surface area contributed by atoms with E-state index in [-0.39, 0.29) is 29.8 Å². The molecule has 7 heteroatoms. The van der Waals surface area contributed by atoms with Gasteiger partial charge in [-0.15, -0.1) is 0 Å². The van der Waals surface area contributed by atoms with Gasteiger partial charge >= 0.3 is 6.03 Å². The molecule has 1 saturated heterocycles. The standard InChI is InChI=1S/C28H37FN4O2/c1-21(11-12-22-7-3-2-4-8-22)30-27(34)26(23-9-5-6-10-23)32-17-19-33(20-18-32)28(35)31-25-15-13-24(29)14-16-25/h2-4,7-8,13-16,21,23,26H,5-6,9-12,17-20H2,1H3,(H,30,34)(H,31,35)/t21-,26-/m0/s1. The lowest BCUT2D eigenvalue weighted by Crippen LogP contribution is -2.59. The minimum Gasteiger partial charge on any atom is -0.352 e. The van der Waals surface area contributed by atoms with E-state index in [9.17, 15) is 14.0 Å². The van der Waals surface area contributed by atoms with Gasteiger partial charge in [0.05, 0.1) is 6.04 Å². The Morgan fingerprint density at radius 2 is 1.63 bits per heavy atom. The maximum absolute atomic E-state index is 13.5. The van der Waals surface area contributed by atoms with Crippen LogP contribution >= 0.6 is 0 Å². The molecule has 2 N–H and O–H groups in total. The topological polar surface area (TPSA) is 64.7 Å². The molecule has 2 aliphatic rings. The van der Waals surface area contributed by atoms with Gasteiger partial charge in [0.1, 0.15) is 5.82 Å². The van der Waals surface area contributed by atoms with E-state index in [0.717, 1.165) is 25.7 Å². The van der Waals surface area contributed by atoms with Crippen LogP contribution in [0.25, 0.3) is 0 Å². The minimum atomic E-state index is -0.331. The average molecular weight is 481 g/mol. The Hall–Kier alpha value is -2.93.